The minimum absolute atomic E-state index is 0.257. The van der Waals surface area contributed by atoms with E-state index in [0.29, 0.717) is 21.4 Å². The molecule has 1 fully saturated rings. The number of halogens is 2. The van der Waals surface area contributed by atoms with Crippen molar-refractivity contribution >= 4 is 63.2 Å². The van der Waals surface area contributed by atoms with Gasteiger partial charge in [-0.3, -0.25) is 14.5 Å². The van der Waals surface area contributed by atoms with Gasteiger partial charge in [0.15, 0.2) is 0 Å². The fraction of sp³-hybridized carbons (Fsp3) is 0.0476. The second-order valence-corrected chi connectivity index (χ2v) is 8.78. The Kier molecular flexibility index (Phi) is 5.61. The van der Waals surface area contributed by atoms with Gasteiger partial charge in [-0.2, -0.15) is 0 Å². The Hall–Kier alpha value is -2.03. The Balaban J connectivity index is 1.52. The molecule has 0 N–H and O–H groups in total. The lowest BCUT2D eigenvalue weighted by Crippen LogP contribution is -2.27. The molecule has 4 rings (SSSR count). The molecule has 4 nitrogen and oxygen atoms in total. The van der Waals surface area contributed by atoms with E-state index in [0.717, 1.165) is 26.5 Å². The largest absolute Gasteiger partial charge is 0.457 e. The van der Waals surface area contributed by atoms with Crippen LogP contribution in [0.5, 0.6) is 0 Å². The fourth-order valence-corrected chi connectivity index (χ4v) is 4.04. The van der Waals surface area contributed by atoms with Gasteiger partial charge >= 0.3 is 0 Å². The first kappa shape index (κ1) is 19.3. The highest BCUT2D eigenvalue weighted by atomic mass is 127. The predicted octanol–water partition coefficient (Wildman–Crippen LogP) is 6.44. The van der Waals surface area contributed by atoms with Crippen LogP contribution >= 0.6 is 46.0 Å². The van der Waals surface area contributed by atoms with Crippen LogP contribution in [0.15, 0.2) is 70.0 Å². The molecule has 0 bridgehead atoms. The summed E-state index contributed by atoms with van der Waals surface area (Å²) in [6, 6.07) is 18.6. The lowest BCUT2D eigenvalue weighted by Gasteiger charge is -2.12. The van der Waals surface area contributed by atoms with Gasteiger partial charge in [0.1, 0.15) is 11.5 Å². The van der Waals surface area contributed by atoms with Crippen molar-refractivity contribution in [2.45, 2.75) is 6.54 Å². The Bertz CT molecular complexity index is 1070. The summed E-state index contributed by atoms with van der Waals surface area (Å²) in [6.45, 7) is 0.257. The number of carbonyl (C=O) groups is 2. The van der Waals surface area contributed by atoms with Crippen LogP contribution in [0.1, 0.15) is 11.3 Å². The van der Waals surface area contributed by atoms with E-state index in [2.05, 4.69) is 22.6 Å². The maximum atomic E-state index is 12.7. The molecule has 2 amide bonds. The summed E-state index contributed by atoms with van der Waals surface area (Å²) in [6.07, 6.45) is 1.61. The van der Waals surface area contributed by atoms with E-state index in [9.17, 15) is 9.59 Å². The van der Waals surface area contributed by atoms with Crippen LogP contribution in [0.2, 0.25) is 5.02 Å². The first-order chi connectivity index (χ1) is 13.5. The molecule has 1 aromatic heterocycles. The molecule has 2 aromatic carbocycles. The number of amides is 2. The van der Waals surface area contributed by atoms with E-state index in [1.165, 1.54) is 4.90 Å². The molecule has 1 aliphatic rings. The standard InChI is InChI=1S/C21H13ClINO3S/c22-15-5-3-14(4-6-15)18-10-9-17(27-18)11-19-20(25)24(21(26)28-19)12-13-1-7-16(23)8-2-13/h1-11H,12H2/b19-11-. The van der Waals surface area contributed by atoms with E-state index < -0.39 is 0 Å². The van der Waals surface area contributed by atoms with Crippen LogP contribution in [-0.4, -0.2) is 16.0 Å². The Morgan fingerprint density at radius 3 is 2.43 bits per heavy atom. The number of rotatable bonds is 4. The number of nitrogens with zero attached hydrogens (tertiary/aromatic N) is 1. The number of carbonyl (C=O) groups excluding carboxylic acids is 2. The summed E-state index contributed by atoms with van der Waals surface area (Å²) in [5.41, 5.74) is 1.79. The third-order valence-corrected chi connectivity index (χ3v) is 6.03. The van der Waals surface area contributed by atoms with Crippen LogP contribution in [0.4, 0.5) is 4.79 Å². The molecule has 7 heteroatoms. The smallest absolute Gasteiger partial charge is 0.293 e. The van der Waals surface area contributed by atoms with E-state index in [4.69, 9.17) is 16.0 Å². The third kappa shape index (κ3) is 4.19. The number of benzene rings is 2. The van der Waals surface area contributed by atoms with Gasteiger partial charge in [0.25, 0.3) is 11.1 Å². The van der Waals surface area contributed by atoms with Gasteiger partial charge in [-0.15, -0.1) is 0 Å². The normalized spacial score (nSPS) is 15.6. The Morgan fingerprint density at radius 2 is 1.71 bits per heavy atom. The number of hydrogen-bond donors (Lipinski definition) is 0. The van der Waals surface area contributed by atoms with E-state index in [1.807, 2.05) is 42.5 Å². The Labute approximate surface area is 184 Å². The van der Waals surface area contributed by atoms with Crippen molar-refractivity contribution in [2.24, 2.45) is 0 Å². The van der Waals surface area contributed by atoms with Crippen molar-refractivity contribution in [2.75, 3.05) is 0 Å². The molecule has 1 saturated heterocycles. The SMILES string of the molecule is O=C1S/C(=C\c2ccc(-c3ccc(Cl)cc3)o2)C(=O)N1Cc1ccc(I)cc1. The number of thioether (sulfide) groups is 1. The minimum atomic E-state index is -0.307. The molecule has 140 valence electrons. The topological polar surface area (TPSA) is 50.5 Å². The molecule has 0 radical (unpaired) electrons. The predicted molar refractivity (Wildman–Crippen MR) is 120 cm³/mol. The Morgan fingerprint density at radius 1 is 1.00 bits per heavy atom. The van der Waals surface area contributed by atoms with Crippen molar-refractivity contribution < 1.29 is 14.0 Å². The quantitative estimate of drug-likeness (QED) is 0.293. The molecule has 28 heavy (non-hydrogen) atoms. The zero-order valence-electron chi connectivity index (χ0n) is 14.4. The minimum Gasteiger partial charge on any atom is -0.457 e. The first-order valence-electron chi connectivity index (χ1n) is 8.35. The molecular weight excluding hydrogens is 509 g/mol. The molecule has 0 atom stereocenters. The van der Waals surface area contributed by atoms with Gasteiger partial charge in [0.05, 0.1) is 11.4 Å². The zero-order valence-corrected chi connectivity index (χ0v) is 18.1. The molecule has 0 spiro atoms. The molecule has 3 aromatic rings. The van der Waals surface area contributed by atoms with E-state index >= 15 is 0 Å². The number of hydrogen-bond acceptors (Lipinski definition) is 4. The van der Waals surface area contributed by atoms with Crippen molar-refractivity contribution in [3.8, 4) is 11.3 Å². The van der Waals surface area contributed by atoms with E-state index in [-0.39, 0.29) is 17.7 Å². The van der Waals surface area contributed by atoms with Crippen molar-refractivity contribution in [1.29, 1.82) is 0 Å². The highest BCUT2D eigenvalue weighted by molar-refractivity contribution is 14.1. The van der Waals surface area contributed by atoms with Crippen molar-refractivity contribution in [3.63, 3.8) is 0 Å². The highest BCUT2D eigenvalue weighted by Gasteiger charge is 2.35. The molecule has 0 aliphatic carbocycles. The lowest BCUT2D eigenvalue weighted by molar-refractivity contribution is -0.123. The second-order valence-electron chi connectivity index (χ2n) is 6.10. The fourth-order valence-electron chi connectivity index (χ4n) is 2.74. The van der Waals surface area contributed by atoms with Crippen LogP contribution in [0.3, 0.4) is 0 Å². The number of furan rings is 1. The monoisotopic (exact) mass is 521 g/mol. The van der Waals surface area contributed by atoms with Gasteiger partial charge in [0.2, 0.25) is 0 Å². The molecule has 1 aliphatic heterocycles. The van der Waals surface area contributed by atoms with Gasteiger partial charge in [-0.1, -0.05) is 23.7 Å². The van der Waals surface area contributed by atoms with Gasteiger partial charge < -0.3 is 4.42 Å². The maximum absolute atomic E-state index is 12.7. The van der Waals surface area contributed by atoms with Gasteiger partial charge in [0, 0.05) is 20.2 Å². The van der Waals surface area contributed by atoms with Crippen molar-refractivity contribution in [3.05, 3.63) is 85.5 Å². The first-order valence-corrected chi connectivity index (χ1v) is 10.6. The summed E-state index contributed by atoms with van der Waals surface area (Å²) in [4.78, 5) is 26.6. The zero-order chi connectivity index (χ0) is 19.7. The van der Waals surface area contributed by atoms with E-state index in [1.54, 1.807) is 24.3 Å². The van der Waals surface area contributed by atoms with Crippen LogP contribution < -0.4 is 0 Å². The molecule has 0 saturated carbocycles. The lowest BCUT2D eigenvalue weighted by atomic mass is 10.2. The van der Waals surface area contributed by atoms with Gasteiger partial charge in [-0.25, -0.2) is 0 Å². The van der Waals surface area contributed by atoms with Gasteiger partial charge in [-0.05, 0) is 88.4 Å². The van der Waals surface area contributed by atoms with Crippen LogP contribution in [-0.2, 0) is 11.3 Å². The summed E-state index contributed by atoms with van der Waals surface area (Å²) in [5, 5.41) is 0.372. The average Bonchev–Trinajstić information content (AvgIpc) is 3.24. The highest BCUT2D eigenvalue weighted by Crippen LogP contribution is 2.34. The maximum Gasteiger partial charge on any atom is 0.293 e. The van der Waals surface area contributed by atoms with Crippen LogP contribution in [0, 0.1) is 3.57 Å². The summed E-state index contributed by atoms with van der Waals surface area (Å²) >= 11 is 9.05. The van der Waals surface area contributed by atoms with Crippen molar-refractivity contribution in [1.82, 2.24) is 4.90 Å². The summed E-state index contributed by atoms with van der Waals surface area (Å²) in [5.74, 6) is 0.878. The number of imide groups is 1. The third-order valence-electron chi connectivity index (χ3n) is 4.16. The molecular formula is C21H13ClINO3S. The second kappa shape index (κ2) is 8.14. The molecule has 0 unspecified atom stereocenters. The average molecular weight is 522 g/mol. The summed E-state index contributed by atoms with van der Waals surface area (Å²) < 4.78 is 6.91. The molecule has 2 heterocycles. The van der Waals surface area contributed by atoms with Crippen LogP contribution in [0.25, 0.3) is 17.4 Å². The summed E-state index contributed by atoms with van der Waals surface area (Å²) in [7, 11) is 0.